The molecule has 1 atom stereocenters. The molecule has 96 valence electrons. The zero-order valence-electron chi connectivity index (χ0n) is 10.7. The second-order valence-corrected chi connectivity index (χ2v) is 6.17. The lowest BCUT2D eigenvalue weighted by Crippen LogP contribution is -2.19. The van der Waals surface area contributed by atoms with Crippen LogP contribution in [-0.4, -0.2) is 6.54 Å². The lowest BCUT2D eigenvalue weighted by Gasteiger charge is -2.14. The molecular formula is C15H18BrNS. The van der Waals surface area contributed by atoms with Crippen LogP contribution in [0.25, 0.3) is 10.4 Å². The largest absolute Gasteiger partial charge is 0.310 e. The van der Waals surface area contributed by atoms with Gasteiger partial charge in [0.2, 0.25) is 0 Å². The first-order valence-electron chi connectivity index (χ1n) is 6.29. The van der Waals surface area contributed by atoms with Crippen molar-refractivity contribution >= 4 is 27.3 Å². The Labute approximate surface area is 121 Å². The van der Waals surface area contributed by atoms with E-state index in [1.54, 1.807) is 11.3 Å². The van der Waals surface area contributed by atoms with Gasteiger partial charge in [0.1, 0.15) is 0 Å². The molecule has 0 fully saturated rings. The molecule has 0 spiro atoms. The summed E-state index contributed by atoms with van der Waals surface area (Å²) in [5, 5.41) is 5.64. The number of halogens is 1. The van der Waals surface area contributed by atoms with E-state index in [9.17, 15) is 0 Å². The third kappa shape index (κ3) is 3.22. The standard InChI is InChI=1S/C15H18BrNS/c1-3-8-17-11(2)12-5-4-6-13(10-12)15-14(16)7-9-18-15/h4-7,9-11,17H,3,8H2,1-2H3. The van der Waals surface area contributed by atoms with Crippen LogP contribution in [0.4, 0.5) is 0 Å². The molecule has 1 aromatic carbocycles. The fraction of sp³-hybridized carbons (Fsp3) is 0.333. The van der Waals surface area contributed by atoms with Gasteiger partial charge >= 0.3 is 0 Å². The molecule has 0 amide bonds. The molecule has 2 rings (SSSR count). The molecule has 0 saturated carbocycles. The molecule has 0 aliphatic rings. The highest BCUT2D eigenvalue weighted by atomic mass is 79.9. The maximum atomic E-state index is 3.60. The molecular weight excluding hydrogens is 306 g/mol. The molecule has 0 aliphatic heterocycles. The fourth-order valence-electron chi connectivity index (χ4n) is 1.93. The Morgan fingerprint density at radius 3 is 2.83 bits per heavy atom. The third-order valence-corrected chi connectivity index (χ3v) is 4.85. The molecule has 0 saturated heterocycles. The summed E-state index contributed by atoms with van der Waals surface area (Å²) in [6.07, 6.45) is 1.17. The highest BCUT2D eigenvalue weighted by molar-refractivity contribution is 9.10. The van der Waals surface area contributed by atoms with Crippen LogP contribution in [0.1, 0.15) is 31.9 Å². The van der Waals surface area contributed by atoms with Crippen molar-refractivity contribution in [2.45, 2.75) is 26.3 Å². The van der Waals surface area contributed by atoms with Gasteiger partial charge in [-0.15, -0.1) is 11.3 Å². The Bertz CT molecular complexity index is 507. The molecule has 0 radical (unpaired) electrons. The predicted octanol–water partition coefficient (Wildman–Crippen LogP) is 5.24. The van der Waals surface area contributed by atoms with E-state index < -0.39 is 0 Å². The highest BCUT2D eigenvalue weighted by Gasteiger charge is 2.08. The van der Waals surface area contributed by atoms with E-state index in [2.05, 4.69) is 70.8 Å². The summed E-state index contributed by atoms with van der Waals surface area (Å²) in [6, 6.07) is 11.3. The molecule has 0 aliphatic carbocycles. The van der Waals surface area contributed by atoms with Crippen LogP contribution in [0, 0.1) is 0 Å². The van der Waals surface area contributed by atoms with E-state index in [4.69, 9.17) is 0 Å². The first-order valence-corrected chi connectivity index (χ1v) is 7.96. The number of thiophene rings is 1. The Morgan fingerprint density at radius 1 is 1.33 bits per heavy atom. The first kappa shape index (κ1) is 13.8. The van der Waals surface area contributed by atoms with E-state index in [1.807, 2.05) is 0 Å². The van der Waals surface area contributed by atoms with Crippen molar-refractivity contribution in [3.63, 3.8) is 0 Å². The van der Waals surface area contributed by atoms with Crippen LogP contribution >= 0.6 is 27.3 Å². The van der Waals surface area contributed by atoms with Crippen molar-refractivity contribution in [3.05, 3.63) is 45.7 Å². The second kappa shape index (κ2) is 6.50. The minimum absolute atomic E-state index is 0.406. The average Bonchev–Trinajstić information content (AvgIpc) is 2.82. The van der Waals surface area contributed by atoms with Gasteiger partial charge in [0.25, 0.3) is 0 Å². The number of hydrogen-bond donors (Lipinski definition) is 1. The minimum atomic E-state index is 0.406. The second-order valence-electron chi connectivity index (χ2n) is 4.40. The normalized spacial score (nSPS) is 12.6. The van der Waals surface area contributed by atoms with Gasteiger partial charge in [-0.1, -0.05) is 25.1 Å². The van der Waals surface area contributed by atoms with Crippen LogP contribution in [0.3, 0.4) is 0 Å². The zero-order valence-corrected chi connectivity index (χ0v) is 13.1. The quantitative estimate of drug-likeness (QED) is 0.793. The summed E-state index contributed by atoms with van der Waals surface area (Å²) in [5.41, 5.74) is 2.64. The number of nitrogens with one attached hydrogen (secondary N) is 1. The average molecular weight is 324 g/mol. The van der Waals surface area contributed by atoms with Gasteiger partial charge in [-0.3, -0.25) is 0 Å². The van der Waals surface area contributed by atoms with Gasteiger partial charge in [0, 0.05) is 15.4 Å². The molecule has 18 heavy (non-hydrogen) atoms. The Morgan fingerprint density at radius 2 is 2.17 bits per heavy atom. The van der Waals surface area contributed by atoms with Crippen LogP contribution in [0.15, 0.2) is 40.2 Å². The summed E-state index contributed by atoms with van der Waals surface area (Å²) in [5.74, 6) is 0. The van der Waals surface area contributed by atoms with Gasteiger partial charge in [-0.05, 0) is 64.5 Å². The maximum absolute atomic E-state index is 3.60. The van der Waals surface area contributed by atoms with Gasteiger partial charge in [-0.2, -0.15) is 0 Å². The number of benzene rings is 1. The number of rotatable bonds is 5. The van der Waals surface area contributed by atoms with Gasteiger partial charge in [-0.25, -0.2) is 0 Å². The molecule has 1 nitrogen and oxygen atoms in total. The SMILES string of the molecule is CCCNC(C)c1cccc(-c2sccc2Br)c1. The van der Waals surface area contributed by atoms with Crippen molar-refractivity contribution in [2.24, 2.45) is 0 Å². The van der Waals surface area contributed by atoms with Crippen molar-refractivity contribution < 1.29 is 0 Å². The Balaban J connectivity index is 2.22. The van der Waals surface area contributed by atoms with Crippen molar-refractivity contribution in [1.82, 2.24) is 5.32 Å². The molecule has 1 aromatic heterocycles. The Hall–Kier alpha value is -0.640. The van der Waals surface area contributed by atoms with E-state index in [-0.39, 0.29) is 0 Å². The van der Waals surface area contributed by atoms with Crippen molar-refractivity contribution in [2.75, 3.05) is 6.54 Å². The van der Waals surface area contributed by atoms with Crippen LogP contribution in [0.5, 0.6) is 0 Å². The fourth-order valence-corrected chi connectivity index (χ4v) is 3.53. The number of hydrogen-bond acceptors (Lipinski definition) is 2. The molecule has 0 bridgehead atoms. The lowest BCUT2D eigenvalue weighted by molar-refractivity contribution is 0.571. The Kier molecular flexibility index (Phi) is 4.98. The minimum Gasteiger partial charge on any atom is -0.310 e. The highest BCUT2D eigenvalue weighted by Crippen LogP contribution is 2.34. The van der Waals surface area contributed by atoms with Gasteiger partial charge < -0.3 is 5.32 Å². The third-order valence-electron chi connectivity index (χ3n) is 2.97. The summed E-state index contributed by atoms with van der Waals surface area (Å²) in [7, 11) is 0. The van der Waals surface area contributed by atoms with E-state index in [0.717, 1.165) is 6.54 Å². The van der Waals surface area contributed by atoms with Crippen LogP contribution in [0.2, 0.25) is 0 Å². The van der Waals surface area contributed by atoms with Crippen LogP contribution in [-0.2, 0) is 0 Å². The summed E-state index contributed by atoms with van der Waals surface area (Å²) in [4.78, 5) is 1.31. The zero-order chi connectivity index (χ0) is 13.0. The topological polar surface area (TPSA) is 12.0 Å². The van der Waals surface area contributed by atoms with Crippen molar-refractivity contribution in [1.29, 1.82) is 0 Å². The molecule has 1 unspecified atom stereocenters. The first-order chi connectivity index (χ1) is 8.72. The summed E-state index contributed by atoms with van der Waals surface area (Å²) in [6.45, 7) is 5.48. The molecule has 1 N–H and O–H groups in total. The predicted molar refractivity (Wildman–Crippen MR) is 84.2 cm³/mol. The molecule has 1 heterocycles. The monoisotopic (exact) mass is 323 g/mol. The van der Waals surface area contributed by atoms with Gasteiger partial charge in [0.15, 0.2) is 0 Å². The summed E-state index contributed by atoms with van der Waals surface area (Å²) < 4.78 is 1.18. The van der Waals surface area contributed by atoms with E-state index in [1.165, 1.54) is 26.9 Å². The van der Waals surface area contributed by atoms with E-state index >= 15 is 0 Å². The molecule has 2 aromatic rings. The van der Waals surface area contributed by atoms with Crippen LogP contribution < -0.4 is 5.32 Å². The maximum Gasteiger partial charge on any atom is 0.0484 e. The van der Waals surface area contributed by atoms with E-state index in [0.29, 0.717) is 6.04 Å². The summed E-state index contributed by atoms with van der Waals surface area (Å²) >= 11 is 5.37. The molecule has 3 heteroatoms. The van der Waals surface area contributed by atoms with Crippen molar-refractivity contribution in [3.8, 4) is 10.4 Å². The smallest absolute Gasteiger partial charge is 0.0484 e. The lowest BCUT2D eigenvalue weighted by atomic mass is 10.0. The van der Waals surface area contributed by atoms with Gasteiger partial charge in [0.05, 0.1) is 0 Å².